The molecule has 136 valence electrons. The molecule has 0 bridgehead atoms. The first-order chi connectivity index (χ1) is 12.6. The molecule has 0 saturated carbocycles. The van der Waals surface area contributed by atoms with Crippen molar-refractivity contribution >= 4 is 17.5 Å². The monoisotopic (exact) mass is 353 g/mol. The van der Waals surface area contributed by atoms with Crippen LogP contribution in [0.25, 0.3) is 0 Å². The molecule has 1 fully saturated rings. The second kappa shape index (κ2) is 7.99. The third-order valence-electron chi connectivity index (χ3n) is 4.71. The van der Waals surface area contributed by atoms with Gasteiger partial charge in [0.25, 0.3) is 0 Å². The highest BCUT2D eigenvalue weighted by Gasteiger charge is 2.37. The predicted octanol–water partition coefficient (Wildman–Crippen LogP) is 2.14. The fourth-order valence-corrected chi connectivity index (χ4v) is 3.23. The van der Waals surface area contributed by atoms with Gasteiger partial charge in [0.15, 0.2) is 0 Å². The Balaban J connectivity index is 1.63. The molecule has 1 aromatic carbocycles. The average molecular weight is 353 g/mol. The molecule has 3 rings (SSSR count). The molecule has 0 radical (unpaired) electrons. The zero-order valence-corrected chi connectivity index (χ0v) is 15.1. The Hall–Kier alpha value is -2.89. The quantitative estimate of drug-likeness (QED) is 0.798. The molecule has 1 aliphatic rings. The van der Waals surface area contributed by atoms with Gasteiger partial charge in [0.1, 0.15) is 5.75 Å². The highest BCUT2D eigenvalue weighted by Crippen LogP contribution is 2.33. The number of aromatic nitrogens is 1. The van der Waals surface area contributed by atoms with Crippen molar-refractivity contribution in [1.82, 2.24) is 9.88 Å². The van der Waals surface area contributed by atoms with Crippen LogP contribution in [0.3, 0.4) is 0 Å². The van der Waals surface area contributed by atoms with Gasteiger partial charge < -0.3 is 14.5 Å². The van der Waals surface area contributed by atoms with E-state index in [1.807, 2.05) is 36.4 Å². The number of hydrogen-bond acceptors (Lipinski definition) is 4. The molecule has 2 aromatic rings. The number of ether oxygens (including phenoxy) is 1. The molecule has 1 saturated heterocycles. The molecule has 2 heterocycles. The van der Waals surface area contributed by atoms with E-state index < -0.39 is 0 Å². The standard InChI is InChI=1S/C20H23N3O3/c1-22(12-9-15-7-10-21-11-8-15)20(25)16-13-19(24)23(14-16)17-5-3-4-6-18(17)26-2/h3-8,10-11,16H,9,12-14H2,1-2H3. The van der Waals surface area contributed by atoms with Gasteiger partial charge in [-0.05, 0) is 36.2 Å². The number of hydrogen-bond donors (Lipinski definition) is 0. The molecule has 1 unspecified atom stereocenters. The lowest BCUT2D eigenvalue weighted by Crippen LogP contribution is -2.36. The van der Waals surface area contributed by atoms with E-state index in [-0.39, 0.29) is 24.2 Å². The minimum absolute atomic E-state index is 0.00445. The number of anilines is 1. The Morgan fingerprint density at radius 1 is 1.27 bits per heavy atom. The van der Waals surface area contributed by atoms with E-state index in [2.05, 4.69) is 4.98 Å². The zero-order valence-electron chi connectivity index (χ0n) is 15.1. The van der Waals surface area contributed by atoms with Gasteiger partial charge in [-0.15, -0.1) is 0 Å². The summed E-state index contributed by atoms with van der Waals surface area (Å²) in [5, 5.41) is 0. The number of amides is 2. The maximum Gasteiger partial charge on any atom is 0.227 e. The number of methoxy groups -OCH3 is 1. The number of carbonyl (C=O) groups is 2. The van der Waals surface area contributed by atoms with Gasteiger partial charge in [-0.3, -0.25) is 14.6 Å². The van der Waals surface area contributed by atoms with Crippen LogP contribution in [-0.2, 0) is 16.0 Å². The molecular formula is C20H23N3O3. The average Bonchev–Trinajstić information content (AvgIpc) is 3.07. The third-order valence-corrected chi connectivity index (χ3v) is 4.71. The van der Waals surface area contributed by atoms with Gasteiger partial charge >= 0.3 is 0 Å². The van der Waals surface area contributed by atoms with Crippen LogP contribution >= 0.6 is 0 Å². The second-order valence-electron chi connectivity index (χ2n) is 6.44. The second-order valence-corrected chi connectivity index (χ2v) is 6.44. The first-order valence-electron chi connectivity index (χ1n) is 8.67. The lowest BCUT2D eigenvalue weighted by atomic mass is 10.1. The smallest absolute Gasteiger partial charge is 0.227 e. The summed E-state index contributed by atoms with van der Waals surface area (Å²) in [7, 11) is 3.37. The van der Waals surface area contributed by atoms with Crippen molar-refractivity contribution in [2.75, 3.05) is 32.1 Å². The Morgan fingerprint density at radius 3 is 2.73 bits per heavy atom. The number of benzene rings is 1. The summed E-state index contributed by atoms with van der Waals surface area (Å²) in [5.74, 6) is 0.273. The first-order valence-corrected chi connectivity index (χ1v) is 8.67. The van der Waals surface area contributed by atoms with Crippen molar-refractivity contribution in [2.24, 2.45) is 5.92 Å². The molecule has 0 N–H and O–H groups in total. The van der Waals surface area contributed by atoms with E-state index in [4.69, 9.17) is 4.74 Å². The van der Waals surface area contributed by atoms with Crippen molar-refractivity contribution < 1.29 is 14.3 Å². The van der Waals surface area contributed by atoms with Crippen molar-refractivity contribution in [3.8, 4) is 5.75 Å². The van der Waals surface area contributed by atoms with E-state index >= 15 is 0 Å². The largest absolute Gasteiger partial charge is 0.495 e. The number of carbonyl (C=O) groups excluding carboxylic acids is 2. The van der Waals surface area contributed by atoms with Crippen LogP contribution in [0.4, 0.5) is 5.69 Å². The summed E-state index contributed by atoms with van der Waals surface area (Å²) in [6, 6.07) is 11.3. The molecule has 6 heteroatoms. The number of para-hydroxylation sites is 2. The van der Waals surface area contributed by atoms with E-state index in [1.54, 1.807) is 36.4 Å². The van der Waals surface area contributed by atoms with Crippen LogP contribution in [0.1, 0.15) is 12.0 Å². The predicted molar refractivity (Wildman–Crippen MR) is 99.0 cm³/mol. The summed E-state index contributed by atoms with van der Waals surface area (Å²) in [4.78, 5) is 32.6. The zero-order chi connectivity index (χ0) is 18.5. The molecule has 0 aliphatic carbocycles. The highest BCUT2D eigenvalue weighted by atomic mass is 16.5. The van der Waals surface area contributed by atoms with E-state index in [0.717, 1.165) is 17.7 Å². The maximum absolute atomic E-state index is 12.7. The minimum Gasteiger partial charge on any atom is -0.495 e. The Morgan fingerprint density at radius 2 is 2.00 bits per heavy atom. The van der Waals surface area contributed by atoms with E-state index in [1.165, 1.54) is 0 Å². The van der Waals surface area contributed by atoms with E-state index in [0.29, 0.717) is 18.8 Å². The SMILES string of the molecule is COc1ccccc1N1CC(C(=O)N(C)CCc2ccncc2)CC1=O. The van der Waals surface area contributed by atoms with Crippen molar-refractivity contribution in [3.05, 3.63) is 54.4 Å². The fourth-order valence-electron chi connectivity index (χ4n) is 3.23. The Kier molecular flexibility index (Phi) is 5.51. The van der Waals surface area contributed by atoms with Gasteiger partial charge in [0, 0.05) is 39.0 Å². The van der Waals surface area contributed by atoms with Crippen LogP contribution in [-0.4, -0.2) is 48.9 Å². The van der Waals surface area contributed by atoms with Crippen LogP contribution in [0.5, 0.6) is 5.75 Å². The van der Waals surface area contributed by atoms with Gasteiger partial charge in [-0.25, -0.2) is 0 Å². The highest BCUT2D eigenvalue weighted by molar-refractivity contribution is 6.01. The fraction of sp³-hybridized carbons (Fsp3) is 0.350. The van der Waals surface area contributed by atoms with Crippen LogP contribution in [0.2, 0.25) is 0 Å². The number of pyridine rings is 1. The number of rotatable bonds is 6. The topological polar surface area (TPSA) is 62.7 Å². The molecular weight excluding hydrogens is 330 g/mol. The third kappa shape index (κ3) is 3.85. The summed E-state index contributed by atoms with van der Waals surface area (Å²) in [5.41, 5.74) is 1.85. The number of likely N-dealkylation sites (N-methyl/N-ethyl adjacent to an activating group) is 1. The van der Waals surface area contributed by atoms with Crippen molar-refractivity contribution in [3.63, 3.8) is 0 Å². The Bertz CT molecular complexity index is 779. The minimum atomic E-state index is -0.324. The molecule has 26 heavy (non-hydrogen) atoms. The molecule has 2 amide bonds. The van der Waals surface area contributed by atoms with Crippen LogP contribution < -0.4 is 9.64 Å². The van der Waals surface area contributed by atoms with Gasteiger partial charge in [0.2, 0.25) is 11.8 Å². The first kappa shape index (κ1) is 17.9. The lowest BCUT2D eigenvalue weighted by Gasteiger charge is -2.22. The van der Waals surface area contributed by atoms with Crippen molar-refractivity contribution in [2.45, 2.75) is 12.8 Å². The lowest BCUT2D eigenvalue weighted by molar-refractivity contribution is -0.134. The number of nitrogens with zero attached hydrogens (tertiary/aromatic N) is 3. The molecule has 1 aliphatic heterocycles. The summed E-state index contributed by atoms with van der Waals surface area (Å²) in [6.45, 7) is 1.000. The summed E-state index contributed by atoms with van der Waals surface area (Å²) >= 11 is 0. The van der Waals surface area contributed by atoms with E-state index in [9.17, 15) is 9.59 Å². The van der Waals surface area contributed by atoms with Crippen LogP contribution in [0.15, 0.2) is 48.8 Å². The molecule has 1 atom stereocenters. The van der Waals surface area contributed by atoms with Gasteiger partial charge in [0.05, 0.1) is 18.7 Å². The summed E-state index contributed by atoms with van der Waals surface area (Å²) in [6.07, 6.45) is 4.49. The van der Waals surface area contributed by atoms with Crippen molar-refractivity contribution in [1.29, 1.82) is 0 Å². The summed E-state index contributed by atoms with van der Waals surface area (Å²) < 4.78 is 5.34. The van der Waals surface area contributed by atoms with Gasteiger partial charge in [-0.1, -0.05) is 12.1 Å². The molecule has 1 aromatic heterocycles. The Labute approximate surface area is 153 Å². The van der Waals surface area contributed by atoms with Crippen LogP contribution in [0, 0.1) is 5.92 Å². The van der Waals surface area contributed by atoms with Gasteiger partial charge in [-0.2, -0.15) is 0 Å². The normalized spacial score (nSPS) is 16.6. The molecule has 6 nitrogen and oxygen atoms in total. The molecule has 0 spiro atoms. The maximum atomic E-state index is 12.7.